The average molecular weight is 505 g/mol. The van der Waals surface area contributed by atoms with Gasteiger partial charge in [-0.3, -0.25) is 14.8 Å². The lowest BCUT2D eigenvalue weighted by molar-refractivity contribution is -0.121. The number of carbonyl (C=O) groups excluding carboxylic acids is 2. The van der Waals surface area contributed by atoms with E-state index in [1.807, 2.05) is 33.0 Å². The molecule has 0 aromatic heterocycles. The van der Waals surface area contributed by atoms with Crippen LogP contribution in [0.4, 0.5) is 5.69 Å². The number of hydrogen-bond donors (Lipinski definition) is 3. The Morgan fingerprint density at radius 1 is 1.11 bits per heavy atom. The van der Waals surface area contributed by atoms with Crippen molar-refractivity contribution in [3.63, 3.8) is 0 Å². The van der Waals surface area contributed by atoms with Gasteiger partial charge in [0.1, 0.15) is 0 Å². The smallest absolute Gasteiger partial charge is 0.274 e. The normalized spacial score (nSPS) is 23.2. The van der Waals surface area contributed by atoms with Crippen LogP contribution in [0.1, 0.15) is 72.5 Å². The molecule has 2 aromatic carbocycles. The van der Waals surface area contributed by atoms with Crippen molar-refractivity contribution in [1.29, 1.82) is 0 Å². The minimum atomic E-state index is -0.473. The van der Waals surface area contributed by atoms with Crippen LogP contribution >= 0.6 is 0 Å². The molecule has 2 fully saturated rings. The van der Waals surface area contributed by atoms with E-state index in [4.69, 9.17) is 5.21 Å². The summed E-state index contributed by atoms with van der Waals surface area (Å²) in [6.45, 7) is 8.61. The van der Waals surface area contributed by atoms with Crippen LogP contribution in [0.15, 0.2) is 42.5 Å². The number of likely N-dealkylation sites (tertiary alicyclic amines) is 1. The second kappa shape index (κ2) is 10.6. The first-order chi connectivity index (χ1) is 17.8. The van der Waals surface area contributed by atoms with Gasteiger partial charge in [0.2, 0.25) is 5.91 Å². The van der Waals surface area contributed by atoms with Gasteiger partial charge in [-0.2, -0.15) is 0 Å². The monoisotopic (exact) mass is 504 g/mol. The molecule has 1 saturated carbocycles. The lowest BCUT2D eigenvalue weighted by atomic mass is 9.85. The predicted molar refractivity (Wildman–Crippen MR) is 145 cm³/mol. The first kappa shape index (κ1) is 25.9. The summed E-state index contributed by atoms with van der Waals surface area (Å²) < 4.78 is 0. The fraction of sp³-hybridized carbons (Fsp3) is 0.533. The molecule has 3 aliphatic rings. The Hall–Kier alpha value is -2.74. The molecule has 2 heterocycles. The third kappa shape index (κ3) is 5.44. The highest BCUT2D eigenvalue weighted by Crippen LogP contribution is 2.46. The molecule has 7 nitrogen and oxygen atoms in total. The van der Waals surface area contributed by atoms with Crippen molar-refractivity contribution in [2.45, 2.75) is 63.3 Å². The number of piperidine rings is 1. The Kier molecular flexibility index (Phi) is 7.39. The Balaban J connectivity index is 1.01. The summed E-state index contributed by atoms with van der Waals surface area (Å²) in [5, 5.41) is 12.6. The molecule has 2 aliphatic heterocycles. The molecule has 1 aliphatic carbocycles. The minimum absolute atomic E-state index is 0.180. The lowest BCUT2D eigenvalue weighted by Crippen LogP contribution is -2.38. The predicted octanol–water partition coefficient (Wildman–Crippen LogP) is 3.85. The summed E-state index contributed by atoms with van der Waals surface area (Å²) in [5.41, 5.74) is 6.52. The van der Waals surface area contributed by atoms with Crippen LogP contribution < -0.4 is 15.7 Å². The van der Waals surface area contributed by atoms with Crippen molar-refractivity contribution in [1.82, 2.24) is 15.7 Å². The van der Waals surface area contributed by atoms with Gasteiger partial charge in [0.25, 0.3) is 5.91 Å². The Bertz CT molecular complexity index is 1140. The molecule has 3 N–H and O–H groups in total. The molecule has 2 amide bonds. The number of anilines is 1. The zero-order chi connectivity index (χ0) is 26.2. The minimum Gasteiger partial charge on any atom is -0.314 e. The number of likely N-dealkylation sites (N-methyl/N-ethyl adjacent to an activating group) is 1. The summed E-state index contributed by atoms with van der Waals surface area (Å²) in [6.07, 6.45) is 5.79. The van der Waals surface area contributed by atoms with E-state index in [0.29, 0.717) is 17.5 Å². The number of hydroxylamine groups is 1. The summed E-state index contributed by atoms with van der Waals surface area (Å²) in [4.78, 5) is 28.4. The number of nitrogens with zero attached hydrogens (tertiary/aromatic N) is 2. The first-order valence-corrected chi connectivity index (χ1v) is 13.7. The Morgan fingerprint density at radius 2 is 1.84 bits per heavy atom. The molecule has 1 saturated heterocycles. The van der Waals surface area contributed by atoms with Crippen LogP contribution in [-0.4, -0.2) is 61.2 Å². The standard InChI is InChI=1S/C30H40N4O3/c1-30(2)25-17-23(10-11-27(25)33(3)29(30)36)24-18-26(24)31-19-21-12-15-34(16-13-21)14-4-5-20-6-8-22(9-7-20)28(35)32-37/h6-11,17,21,24,26,31,37H,4-5,12-16,18-19H2,1-3H3,(H,32,35). The molecule has 5 rings (SSSR count). The molecule has 2 unspecified atom stereocenters. The van der Waals surface area contributed by atoms with E-state index in [1.54, 1.807) is 22.5 Å². The molecule has 0 bridgehead atoms. The van der Waals surface area contributed by atoms with Crippen LogP contribution in [0.3, 0.4) is 0 Å². The van der Waals surface area contributed by atoms with Crippen LogP contribution in [0, 0.1) is 5.92 Å². The zero-order valence-corrected chi connectivity index (χ0v) is 22.3. The van der Waals surface area contributed by atoms with Gasteiger partial charge in [0, 0.05) is 30.3 Å². The summed E-state index contributed by atoms with van der Waals surface area (Å²) in [6, 6.07) is 14.6. The third-order valence-corrected chi connectivity index (χ3v) is 8.75. The summed E-state index contributed by atoms with van der Waals surface area (Å²) >= 11 is 0. The van der Waals surface area contributed by atoms with Crippen molar-refractivity contribution in [3.8, 4) is 0 Å². The van der Waals surface area contributed by atoms with Gasteiger partial charge >= 0.3 is 0 Å². The van der Waals surface area contributed by atoms with Crippen LogP contribution in [0.25, 0.3) is 0 Å². The van der Waals surface area contributed by atoms with Gasteiger partial charge in [-0.05, 0) is 113 Å². The molecule has 0 spiro atoms. The van der Waals surface area contributed by atoms with E-state index < -0.39 is 11.3 Å². The van der Waals surface area contributed by atoms with Gasteiger partial charge in [0.05, 0.1) is 5.41 Å². The van der Waals surface area contributed by atoms with Crippen molar-refractivity contribution >= 4 is 17.5 Å². The van der Waals surface area contributed by atoms with Crippen LogP contribution in [0.2, 0.25) is 0 Å². The van der Waals surface area contributed by atoms with Crippen molar-refractivity contribution in [3.05, 3.63) is 64.7 Å². The highest BCUT2D eigenvalue weighted by atomic mass is 16.5. The molecule has 37 heavy (non-hydrogen) atoms. The Labute approximate surface area is 220 Å². The maximum atomic E-state index is 12.6. The zero-order valence-electron chi connectivity index (χ0n) is 22.3. The highest BCUT2D eigenvalue weighted by molar-refractivity contribution is 6.07. The van der Waals surface area contributed by atoms with Gasteiger partial charge in [0.15, 0.2) is 0 Å². The molecule has 2 atom stereocenters. The number of benzene rings is 2. The summed E-state index contributed by atoms with van der Waals surface area (Å²) in [5.74, 6) is 1.01. The fourth-order valence-electron chi connectivity index (χ4n) is 6.14. The lowest BCUT2D eigenvalue weighted by Gasteiger charge is -2.32. The molecule has 2 aromatic rings. The maximum absolute atomic E-state index is 12.6. The molecular weight excluding hydrogens is 464 g/mol. The maximum Gasteiger partial charge on any atom is 0.274 e. The SMILES string of the molecule is CN1C(=O)C(C)(C)c2cc(C3CC3NCC3CCN(CCCc4ccc(C(=O)NO)cc4)CC3)ccc21. The van der Waals surface area contributed by atoms with E-state index in [0.717, 1.165) is 50.6 Å². The topological polar surface area (TPSA) is 84.9 Å². The van der Waals surface area contributed by atoms with Crippen LogP contribution in [0.5, 0.6) is 0 Å². The number of aryl methyl sites for hydroxylation is 1. The molecule has 198 valence electrons. The van der Waals surface area contributed by atoms with E-state index in [-0.39, 0.29) is 5.91 Å². The number of amides is 2. The number of nitrogens with one attached hydrogen (secondary N) is 2. The van der Waals surface area contributed by atoms with Crippen molar-refractivity contribution < 1.29 is 14.8 Å². The number of fused-ring (bicyclic) bond motifs is 1. The highest BCUT2D eigenvalue weighted by Gasteiger charge is 2.44. The second-order valence-electron chi connectivity index (χ2n) is 11.6. The van der Waals surface area contributed by atoms with E-state index >= 15 is 0 Å². The van der Waals surface area contributed by atoms with Gasteiger partial charge < -0.3 is 15.1 Å². The van der Waals surface area contributed by atoms with Crippen molar-refractivity contribution in [2.75, 3.05) is 38.1 Å². The fourth-order valence-corrected chi connectivity index (χ4v) is 6.14. The quantitative estimate of drug-likeness (QED) is 0.357. The largest absolute Gasteiger partial charge is 0.314 e. The van der Waals surface area contributed by atoms with Crippen molar-refractivity contribution in [2.24, 2.45) is 5.92 Å². The van der Waals surface area contributed by atoms with E-state index in [1.165, 1.54) is 36.0 Å². The third-order valence-electron chi connectivity index (χ3n) is 8.75. The molecular formula is C30H40N4O3. The summed E-state index contributed by atoms with van der Waals surface area (Å²) in [7, 11) is 1.88. The van der Waals surface area contributed by atoms with Gasteiger partial charge in [-0.15, -0.1) is 0 Å². The number of hydrogen-bond acceptors (Lipinski definition) is 5. The first-order valence-electron chi connectivity index (χ1n) is 13.7. The van der Waals surface area contributed by atoms with E-state index in [2.05, 4.69) is 28.4 Å². The number of rotatable bonds is 9. The second-order valence-corrected chi connectivity index (χ2v) is 11.6. The van der Waals surface area contributed by atoms with Gasteiger partial charge in [-0.1, -0.05) is 24.3 Å². The van der Waals surface area contributed by atoms with E-state index in [9.17, 15) is 9.59 Å². The Morgan fingerprint density at radius 3 is 2.54 bits per heavy atom. The molecule has 7 heteroatoms. The molecule has 0 radical (unpaired) electrons. The van der Waals surface area contributed by atoms with Gasteiger partial charge in [-0.25, -0.2) is 5.48 Å². The van der Waals surface area contributed by atoms with Crippen LogP contribution in [-0.2, 0) is 16.6 Å². The average Bonchev–Trinajstić information content (AvgIpc) is 3.68. The number of carbonyl (C=O) groups is 2.